The van der Waals surface area contributed by atoms with E-state index in [1.165, 1.54) is 25.0 Å². The summed E-state index contributed by atoms with van der Waals surface area (Å²) in [6, 6.07) is 15.2. The lowest BCUT2D eigenvalue weighted by molar-refractivity contribution is 0.0291. The van der Waals surface area contributed by atoms with Crippen LogP contribution in [-0.4, -0.2) is 60.0 Å². The van der Waals surface area contributed by atoms with Gasteiger partial charge in [-0.05, 0) is 49.6 Å². The molecule has 0 amide bonds. The molecule has 4 rings (SSSR count). The highest BCUT2D eigenvalue weighted by atomic mass is 15.2. The second-order valence-corrected chi connectivity index (χ2v) is 8.38. The van der Waals surface area contributed by atoms with E-state index < -0.39 is 0 Å². The van der Waals surface area contributed by atoms with E-state index in [9.17, 15) is 0 Å². The molecule has 1 spiro atoms. The van der Waals surface area contributed by atoms with Gasteiger partial charge in [-0.2, -0.15) is 0 Å². The van der Waals surface area contributed by atoms with E-state index >= 15 is 0 Å². The Morgan fingerprint density at radius 2 is 1.86 bits per heavy atom. The first-order valence-electron chi connectivity index (χ1n) is 10.4. The van der Waals surface area contributed by atoms with Gasteiger partial charge in [0.05, 0.1) is 12.2 Å². The summed E-state index contributed by atoms with van der Waals surface area (Å²) < 4.78 is 0. The standard InChI is InChI=1S/C24H32N4/c1-20(26(2)19-22-9-6-7-14-25-22)18-28-16-12-24(13-17-28)23-10-5-4-8-21(23)11-15-27(24)3/h4-10,14H,1,11-13,15-19H2,2-3H3. The van der Waals surface area contributed by atoms with Crippen LogP contribution in [0.3, 0.4) is 0 Å². The second-order valence-electron chi connectivity index (χ2n) is 8.38. The van der Waals surface area contributed by atoms with Crippen LogP contribution in [0.25, 0.3) is 0 Å². The molecule has 3 heterocycles. The molecule has 1 fully saturated rings. The first-order chi connectivity index (χ1) is 13.6. The summed E-state index contributed by atoms with van der Waals surface area (Å²) >= 11 is 0. The molecule has 0 radical (unpaired) electrons. The molecular formula is C24H32N4. The van der Waals surface area contributed by atoms with Crippen LogP contribution in [0.1, 0.15) is 29.7 Å². The van der Waals surface area contributed by atoms with Gasteiger partial charge in [-0.1, -0.05) is 36.9 Å². The number of piperidine rings is 1. The van der Waals surface area contributed by atoms with Crippen molar-refractivity contribution in [2.24, 2.45) is 0 Å². The fraction of sp³-hybridized carbons (Fsp3) is 0.458. The lowest BCUT2D eigenvalue weighted by atomic mass is 9.74. The minimum absolute atomic E-state index is 0.215. The summed E-state index contributed by atoms with van der Waals surface area (Å²) in [6.45, 7) is 9.50. The van der Waals surface area contributed by atoms with Crippen molar-refractivity contribution in [2.45, 2.75) is 31.3 Å². The zero-order chi connectivity index (χ0) is 19.6. The van der Waals surface area contributed by atoms with Gasteiger partial charge in [-0.25, -0.2) is 0 Å². The molecule has 0 unspecified atom stereocenters. The molecule has 148 valence electrons. The molecular weight excluding hydrogens is 344 g/mol. The van der Waals surface area contributed by atoms with Gasteiger partial charge in [0.2, 0.25) is 0 Å². The first-order valence-corrected chi connectivity index (χ1v) is 10.4. The molecule has 1 saturated heterocycles. The maximum absolute atomic E-state index is 4.43. The van der Waals surface area contributed by atoms with Gasteiger partial charge in [-0.15, -0.1) is 0 Å². The van der Waals surface area contributed by atoms with E-state index in [0.717, 1.165) is 38.4 Å². The molecule has 0 N–H and O–H groups in total. The van der Waals surface area contributed by atoms with Gasteiger partial charge >= 0.3 is 0 Å². The van der Waals surface area contributed by atoms with Crippen LogP contribution in [0.15, 0.2) is 60.9 Å². The average Bonchev–Trinajstić information content (AvgIpc) is 2.73. The first kappa shape index (κ1) is 19.2. The SMILES string of the molecule is C=C(CN1CCC2(CC1)c1ccccc1CCN2C)N(C)Cc1ccccn1. The van der Waals surface area contributed by atoms with Gasteiger partial charge in [0.15, 0.2) is 0 Å². The summed E-state index contributed by atoms with van der Waals surface area (Å²) in [6.07, 6.45) is 5.41. The molecule has 1 aromatic carbocycles. The molecule has 28 heavy (non-hydrogen) atoms. The predicted octanol–water partition coefficient (Wildman–Crippen LogP) is 3.51. The Morgan fingerprint density at radius 3 is 2.61 bits per heavy atom. The lowest BCUT2D eigenvalue weighted by Crippen LogP contribution is -2.55. The number of hydrogen-bond acceptors (Lipinski definition) is 4. The third-order valence-electron chi connectivity index (χ3n) is 6.72. The summed E-state index contributed by atoms with van der Waals surface area (Å²) in [7, 11) is 4.43. The number of benzene rings is 1. The number of rotatable bonds is 5. The van der Waals surface area contributed by atoms with E-state index in [1.807, 2.05) is 18.3 Å². The minimum Gasteiger partial charge on any atom is -0.371 e. The van der Waals surface area contributed by atoms with Crippen LogP contribution in [0.2, 0.25) is 0 Å². The highest BCUT2D eigenvalue weighted by Crippen LogP contribution is 2.42. The zero-order valence-electron chi connectivity index (χ0n) is 17.3. The highest BCUT2D eigenvalue weighted by molar-refractivity contribution is 5.37. The number of aromatic nitrogens is 1. The molecule has 0 aliphatic carbocycles. The Morgan fingerprint density at radius 1 is 1.11 bits per heavy atom. The Labute approximate surface area is 169 Å². The number of likely N-dealkylation sites (tertiary alicyclic amines) is 1. The quantitative estimate of drug-likeness (QED) is 0.796. The number of nitrogens with zero attached hydrogens (tertiary/aromatic N) is 4. The number of pyridine rings is 1. The largest absolute Gasteiger partial charge is 0.371 e. The molecule has 4 nitrogen and oxygen atoms in total. The van der Waals surface area contributed by atoms with Crippen molar-refractivity contribution in [2.75, 3.05) is 40.3 Å². The van der Waals surface area contributed by atoms with Crippen molar-refractivity contribution in [3.8, 4) is 0 Å². The predicted molar refractivity (Wildman–Crippen MR) is 115 cm³/mol. The number of fused-ring (bicyclic) bond motifs is 2. The van der Waals surface area contributed by atoms with Gasteiger partial charge < -0.3 is 4.90 Å². The van der Waals surface area contributed by atoms with Crippen molar-refractivity contribution in [1.29, 1.82) is 0 Å². The normalized spacial score (nSPS) is 19.4. The average molecular weight is 377 g/mol. The summed E-state index contributed by atoms with van der Waals surface area (Å²) in [5.74, 6) is 0. The Bertz CT molecular complexity index is 808. The molecule has 0 bridgehead atoms. The summed E-state index contributed by atoms with van der Waals surface area (Å²) in [5, 5.41) is 0. The monoisotopic (exact) mass is 376 g/mol. The maximum atomic E-state index is 4.43. The fourth-order valence-electron chi connectivity index (χ4n) is 4.86. The molecule has 2 aliphatic rings. The Balaban J connectivity index is 1.37. The second kappa shape index (κ2) is 8.06. The van der Waals surface area contributed by atoms with Crippen LogP contribution >= 0.6 is 0 Å². The van der Waals surface area contributed by atoms with Crippen LogP contribution in [0.4, 0.5) is 0 Å². The van der Waals surface area contributed by atoms with Crippen molar-refractivity contribution in [3.63, 3.8) is 0 Å². The van der Waals surface area contributed by atoms with E-state index in [0.29, 0.717) is 0 Å². The van der Waals surface area contributed by atoms with Crippen LogP contribution < -0.4 is 0 Å². The Hall–Kier alpha value is -2.17. The van der Waals surface area contributed by atoms with Gasteiger partial charge in [-0.3, -0.25) is 14.8 Å². The van der Waals surface area contributed by atoms with Crippen LogP contribution in [0.5, 0.6) is 0 Å². The number of likely N-dealkylation sites (N-methyl/N-ethyl adjacent to an activating group) is 2. The Kier molecular flexibility index (Phi) is 5.51. The van der Waals surface area contributed by atoms with E-state index in [4.69, 9.17) is 0 Å². The van der Waals surface area contributed by atoms with E-state index in [2.05, 4.69) is 70.7 Å². The topological polar surface area (TPSA) is 22.6 Å². The molecule has 2 aliphatic heterocycles. The van der Waals surface area contributed by atoms with Crippen molar-refractivity contribution >= 4 is 0 Å². The molecule has 1 aromatic heterocycles. The van der Waals surface area contributed by atoms with E-state index in [-0.39, 0.29) is 5.54 Å². The fourth-order valence-corrected chi connectivity index (χ4v) is 4.86. The van der Waals surface area contributed by atoms with Crippen molar-refractivity contribution in [3.05, 3.63) is 77.8 Å². The third kappa shape index (κ3) is 3.71. The molecule has 4 heteroatoms. The van der Waals surface area contributed by atoms with Crippen LogP contribution in [-0.2, 0) is 18.5 Å². The molecule has 0 saturated carbocycles. The van der Waals surface area contributed by atoms with E-state index in [1.54, 1.807) is 11.1 Å². The smallest absolute Gasteiger partial charge is 0.0596 e. The van der Waals surface area contributed by atoms with Gasteiger partial charge in [0.25, 0.3) is 0 Å². The van der Waals surface area contributed by atoms with Gasteiger partial charge in [0.1, 0.15) is 0 Å². The maximum Gasteiger partial charge on any atom is 0.0596 e. The minimum atomic E-state index is 0.215. The van der Waals surface area contributed by atoms with Crippen LogP contribution in [0, 0.1) is 0 Å². The molecule has 2 aromatic rings. The third-order valence-corrected chi connectivity index (χ3v) is 6.72. The lowest BCUT2D eigenvalue weighted by Gasteiger charge is -2.51. The number of hydrogen-bond donors (Lipinski definition) is 0. The van der Waals surface area contributed by atoms with Crippen molar-refractivity contribution in [1.82, 2.24) is 19.7 Å². The molecule has 0 atom stereocenters. The summed E-state index contributed by atoms with van der Waals surface area (Å²) in [4.78, 5) is 11.8. The van der Waals surface area contributed by atoms with Gasteiger partial charge in [0, 0.05) is 50.7 Å². The van der Waals surface area contributed by atoms with Crippen molar-refractivity contribution < 1.29 is 0 Å². The zero-order valence-corrected chi connectivity index (χ0v) is 17.3. The summed E-state index contributed by atoms with van der Waals surface area (Å²) in [5.41, 5.74) is 5.58. The highest BCUT2D eigenvalue weighted by Gasteiger charge is 2.42.